The molecule has 0 unspecified atom stereocenters. The van der Waals surface area contributed by atoms with Crippen LogP contribution in [0.2, 0.25) is 0 Å². The summed E-state index contributed by atoms with van der Waals surface area (Å²) in [7, 11) is 0. The highest BCUT2D eigenvalue weighted by Crippen LogP contribution is 2.39. The van der Waals surface area contributed by atoms with Gasteiger partial charge in [-0.2, -0.15) is 0 Å². The maximum absolute atomic E-state index is 12.2. The largest absolute Gasteiger partial charge is 0.506 e. The fraction of sp³-hybridized carbons (Fsp3) is 0.0556. The normalized spacial score (nSPS) is 11.3. The van der Waals surface area contributed by atoms with Crippen molar-refractivity contribution in [2.24, 2.45) is 0 Å². The van der Waals surface area contributed by atoms with E-state index in [2.05, 4.69) is 4.98 Å². The molecule has 0 fully saturated rings. The van der Waals surface area contributed by atoms with E-state index in [9.17, 15) is 15.0 Å². The molecule has 0 radical (unpaired) electrons. The molecule has 3 N–H and O–H groups in total. The summed E-state index contributed by atoms with van der Waals surface area (Å²) in [5, 5.41) is 22.4. The van der Waals surface area contributed by atoms with Gasteiger partial charge in [0.25, 0.3) is 5.56 Å². The van der Waals surface area contributed by atoms with Crippen LogP contribution in [0.25, 0.3) is 32.1 Å². The zero-order chi connectivity index (χ0) is 16.0. The van der Waals surface area contributed by atoms with Gasteiger partial charge in [0.15, 0.2) is 0 Å². The average molecular weight is 323 g/mol. The number of hydrogen-bond acceptors (Lipinski definition) is 4. The van der Waals surface area contributed by atoms with Crippen LogP contribution in [0.3, 0.4) is 0 Å². The Morgan fingerprint density at radius 1 is 1.04 bits per heavy atom. The third-order valence-corrected chi connectivity index (χ3v) is 4.95. The van der Waals surface area contributed by atoms with Crippen molar-refractivity contribution in [3.63, 3.8) is 0 Å². The van der Waals surface area contributed by atoms with Gasteiger partial charge in [-0.25, -0.2) is 0 Å². The molecule has 0 amide bonds. The average Bonchev–Trinajstić information content (AvgIpc) is 2.97. The van der Waals surface area contributed by atoms with E-state index in [1.165, 1.54) is 11.3 Å². The topological polar surface area (TPSA) is 73.3 Å². The minimum absolute atomic E-state index is 0.00129. The van der Waals surface area contributed by atoms with E-state index in [0.29, 0.717) is 15.6 Å². The summed E-state index contributed by atoms with van der Waals surface area (Å²) in [5.41, 5.74) is 3.24. The first kappa shape index (κ1) is 14.0. The Morgan fingerprint density at radius 2 is 1.83 bits per heavy atom. The zero-order valence-corrected chi connectivity index (χ0v) is 12.9. The van der Waals surface area contributed by atoms with Gasteiger partial charge in [0, 0.05) is 21.7 Å². The Balaban J connectivity index is 2.12. The minimum Gasteiger partial charge on any atom is -0.506 e. The minimum atomic E-state index is -0.189. The van der Waals surface area contributed by atoms with Crippen molar-refractivity contribution in [3.8, 4) is 16.9 Å². The standard InChI is InChI=1S/C18H13NO3S/c20-8-10-4-6-11(7-5-10)12-2-1-3-13-15(12)16-14(21)9-23-17(16)18(22)19-13/h1-7,9,20-21H,8H2,(H,19,22). The number of hydrogen-bond donors (Lipinski definition) is 3. The second-order valence-corrected chi connectivity index (χ2v) is 6.24. The van der Waals surface area contributed by atoms with Crippen LogP contribution in [-0.4, -0.2) is 15.2 Å². The molecule has 0 aliphatic heterocycles. The number of thiophene rings is 1. The first-order valence-electron chi connectivity index (χ1n) is 7.14. The second-order valence-electron chi connectivity index (χ2n) is 5.36. The van der Waals surface area contributed by atoms with Gasteiger partial charge in [-0.3, -0.25) is 4.79 Å². The Labute approximate surface area is 135 Å². The van der Waals surface area contributed by atoms with Gasteiger partial charge in [-0.15, -0.1) is 11.3 Å². The maximum atomic E-state index is 12.2. The molecule has 0 aliphatic rings. The number of rotatable bonds is 2. The van der Waals surface area contributed by atoms with Gasteiger partial charge in [0.05, 0.1) is 6.61 Å². The fourth-order valence-corrected chi connectivity index (χ4v) is 3.72. The van der Waals surface area contributed by atoms with Crippen molar-refractivity contribution < 1.29 is 10.2 Å². The summed E-state index contributed by atoms with van der Waals surface area (Å²) in [6.07, 6.45) is 0. The Kier molecular flexibility index (Phi) is 3.18. The van der Waals surface area contributed by atoms with Crippen molar-refractivity contribution in [1.29, 1.82) is 0 Å². The lowest BCUT2D eigenvalue weighted by molar-refractivity contribution is 0.282. The van der Waals surface area contributed by atoms with Crippen LogP contribution in [0, 0.1) is 0 Å². The maximum Gasteiger partial charge on any atom is 0.266 e. The Morgan fingerprint density at radius 3 is 2.57 bits per heavy atom. The van der Waals surface area contributed by atoms with Gasteiger partial charge in [-0.05, 0) is 22.8 Å². The third kappa shape index (κ3) is 2.13. The van der Waals surface area contributed by atoms with E-state index < -0.39 is 0 Å². The van der Waals surface area contributed by atoms with Crippen molar-refractivity contribution in [1.82, 2.24) is 4.98 Å². The summed E-state index contributed by atoms with van der Waals surface area (Å²) >= 11 is 1.24. The number of aromatic amines is 1. The first-order chi connectivity index (χ1) is 11.2. The van der Waals surface area contributed by atoms with Gasteiger partial charge >= 0.3 is 0 Å². The van der Waals surface area contributed by atoms with Crippen molar-refractivity contribution in [2.75, 3.05) is 0 Å². The number of pyridine rings is 1. The number of H-pyrrole nitrogens is 1. The molecule has 0 atom stereocenters. The first-order valence-corrected chi connectivity index (χ1v) is 8.02. The summed E-state index contributed by atoms with van der Waals surface area (Å²) in [5.74, 6) is 0.125. The van der Waals surface area contributed by atoms with Gasteiger partial charge in [0.2, 0.25) is 0 Å². The molecule has 2 aromatic carbocycles. The van der Waals surface area contributed by atoms with Crippen LogP contribution in [-0.2, 0) is 6.61 Å². The van der Waals surface area contributed by atoms with Crippen LogP contribution >= 0.6 is 11.3 Å². The lowest BCUT2D eigenvalue weighted by Crippen LogP contribution is -2.04. The highest BCUT2D eigenvalue weighted by atomic mass is 32.1. The zero-order valence-electron chi connectivity index (χ0n) is 12.0. The van der Waals surface area contributed by atoms with Crippen LogP contribution in [0.4, 0.5) is 0 Å². The number of aromatic nitrogens is 1. The lowest BCUT2D eigenvalue weighted by atomic mass is 9.97. The van der Waals surface area contributed by atoms with Gasteiger partial charge in [0.1, 0.15) is 10.4 Å². The third-order valence-electron chi connectivity index (χ3n) is 3.99. The van der Waals surface area contributed by atoms with E-state index in [1.807, 2.05) is 42.5 Å². The molecule has 2 aromatic heterocycles. The lowest BCUT2D eigenvalue weighted by Gasteiger charge is -2.09. The number of nitrogens with one attached hydrogen (secondary N) is 1. The summed E-state index contributed by atoms with van der Waals surface area (Å²) in [4.78, 5) is 15.0. The molecule has 4 nitrogen and oxygen atoms in total. The number of aliphatic hydroxyl groups is 1. The fourth-order valence-electron chi connectivity index (χ4n) is 2.89. The second kappa shape index (κ2) is 5.22. The summed E-state index contributed by atoms with van der Waals surface area (Å²) in [6, 6.07) is 13.3. The SMILES string of the molecule is O=c1[nH]c2cccc(-c3ccc(CO)cc3)c2c2c(O)csc12. The number of fused-ring (bicyclic) bond motifs is 3. The number of benzene rings is 2. The number of aliphatic hydroxyl groups excluding tert-OH is 1. The molecule has 5 heteroatoms. The molecule has 0 bridgehead atoms. The molecular formula is C18H13NO3S. The van der Waals surface area contributed by atoms with Crippen molar-refractivity contribution in [3.05, 3.63) is 63.8 Å². The van der Waals surface area contributed by atoms with Gasteiger partial charge < -0.3 is 15.2 Å². The monoisotopic (exact) mass is 323 g/mol. The molecule has 4 rings (SSSR count). The van der Waals surface area contributed by atoms with E-state index in [4.69, 9.17) is 0 Å². The highest BCUT2D eigenvalue weighted by molar-refractivity contribution is 7.17. The molecule has 23 heavy (non-hydrogen) atoms. The van der Waals surface area contributed by atoms with Gasteiger partial charge in [-0.1, -0.05) is 36.4 Å². The summed E-state index contributed by atoms with van der Waals surface area (Å²) < 4.78 is 0.523. The predicted octanol–water partition coefficient (Wildman–Crippen LogP) is 3.61. The molecule has 0 spiro atoms. The molecule has 0 aliphatic carbocycles. The van der Waals surface area contributed by atoms with E-state index in [1.54, 1.807) is 5.38 Å². The van der Waals surface area contributed by atoms with E-state index >= 15 is 0 Å². The Hall–Kier alpha value is -2.63. The van der Waals surface area contributed by atoms with E-state index in [0.717, 1.165) is 22.1 Å². The Bertz CT molecular complexity index is 1080. The van der Waals surface area contributed by atoms with Crippen LogP contribution in [0.1, 0.15) is 5.56 Å². The number of aromatic hydroxyl groups is 1. The van der Waals surface area contributed by atoms with Crippen LogP contribution in [0.5, 0.6) is 5.75 Å². The predicted molar refractivity (Wildman–Crippen MR) is 93.0 cm³/mol. The smallest absolute Gasteiger partial charge is 0.266 e. The van der Waals surface area contributed by atoms with Crippen molar-refractivity contribution in [2.45, 2.75) is 6.61 Å². The molecule has 114 valence electrons. The summed E-state index contributed by atoms with van der Waals surface area (Å²) in [6.45, 7) is -0.00129. The quantitative estimate of drug-likeness (QED) is 0.527. The van der Waals surface area contributed by atoms with Crippen LogP contribution in [0.15, 0.2) is 52.6 Å². The molecule has 0 saturated carbocycles. The van der Waals surface area contributed by atoms with E-state index in [-0.39, 0.29) is 17.9 Å². The molecule has 2 heterocycles. The molecule has 4 aromatic rings. The van der Waals surface area contributed by atoms with Crippen LogP contribution < -0.4 is 5.56 Å². The highest BCUT2D eigenvalue weighted by Gasteiger charge is 2.15. The molecule has 0 saturated heterocycles. The molecular weight excluding hydrogens is 310 g/mol. The van der Waals surface area contributed by atoms with Crippen molar-refractivity contribution >= 4 is 32.3 Å².